The summed E-state index contributed by atoms with van der Waals surface area (Å²) < 4.78 is 5.82. The minimum Gasteiger partial charge on any atom is -0.457 e. The van der Waals surface area contributed by atoms with Crippen molar-refractivity contribution in [1.82, 2.24) is 5.32 Å². The summed E-state index contributed by atoms with van der Waals surface area (Å²) >= 11 is 5.98. The van der Waals surface area contributed by atoms with Gasteiger partial charge < -0.3 is 10.1 Å². The van der Waals surface area contributed by atoms with Crippen molar-refractivity contribution < 1.29 is 4.74 Å². The van der Waals surface area contributed by atoms with E-state index in [0.29, 0.717) is 5.02 Å². The highest BCUT2D eigenvalue weighted by atomic mass is 35.5. The summed E-state index contributed by atoms with van der Waals surface area (Å²) in [4.78, 5) is 0. The van der Waals surface area contributed by atoms with Crippen LogP contribution in [0.4, 0.5) is 0 Å². The van der Waals surface area contributed by atoms with E-state index in [4.69, 9.17) is 16.3 Å². The summed E-state index contributed by atoms with van der Waals surface area (Å²) in [5.74, 6) is 1.60. The summed E-state index contributed by atoms with van der Waals surface area (Å²) in [5.41, 5.74) is 1.08. The fourth-order valence-electron chi connectivity index (χ4n) is 1.58. The third kappa shape index (κ3) is 3.22. The molecule has 2 rings (SSSR count). The number of para-hydroxylation sites is 1. The molecule has 0 saturated heterocycles. The maximum atomic E-state index is 5.98. The van der Waals surface area contributed by atoms with Gasteiger partial charge in [0.2, 0.25) is 0 Å². The van der Waals surface area contributed by atoms with Gasteiger partial charge in [0.15, 0.2) is 0 Å². The van der Waals surface area contributed by atoms with E-state index in [9.17, 15) is 0 Å². The van der Waals surface area contributed by atoms with E-state index < -0.39 is 0 Å². The van der Waals surface area contributed by atoms with Crippen molar-refractivity contribution >= 4 is 11.6 Å². The van der Waals surface area contributed by atoms with Crippen LogP contribution in [0, 0.1) is 0 Å². The zero-order valence-corrected chi connectivity index (χ0v) is 10.4. The summed E-state index contributed by atoms with van der Waals surface area (Å²) in [6.07, 6.45) is 0. The minimum atomic E-state index is 0.677. The minimum absolute atomic E-state index is 0.677. The van der Waals surface area contributed by atoms with Gasteiger partial charge >= 0.3 is 0 Å². The lowest BCUT2D eigenvalue weighted by molar-refractivity contribution is 0.474. The predicted molar refractivity (Wildman–Crippen MR) is 70.7 cm³/mol. The average Bonchev–Trinajstić information content (AvgIpc) is 2.34. The predicted octanol–water partition coefficient (Wildman–Crippen LogP) is 3.85. The molecule has 0 aliphatic heterocycles. The van der Waals surface area contributed by atoms with Gasteiger partial charge in [-0.25, -0.2) is 0 Å². The third-order valence-electron chi connectivity index (χ3n) is 2.37. The molecule has 2 nitrogen and oxygen atoms in total. The van der Waals surface area contributed by atoms with Crippen molar-refractivity contribution in [2.75, 3.05) is 7.05 Å². The molecule has 17 heavy (non-hydrogen) atoms. The zero-order valence-electron chi connectivity index (χ0n) is 9.61. The maximum Gasteiger partial charge on any atom is 0.133 e. The van der Waals surface area contributed by atoms with Crippen LogP contribution >= 0.6 is 11.6 Å². The monoisotopic (exact) mass is 247 g/mol. The van der Waals surface area contributed by atoms with Crippen molar-refractivity contribution in [2.24, 2.45) is 0 Å². The lowest BCUT2D eigenvalue weighted by Crippen LogP contribution is -2.06. The molecule has 88 valence electrons. The van der Waals surface area contributed by atoms with E-state index >= 15 is 0 Å². The lowest BCUT2D eigenvalue weighted by Gasteiger charge is -2.11. The van der Waals surface area contributed by atoms with Crippen molar-refractivity contribution in [3.63, 3.8) is 0 Å². The number of halogens is 1. The van der Waals surface area contributed by atoms with Gasteiger partial charge in [0.25, 0.3) is 0 Å². The van der Waals surface area contributed by atoms with Crippen LogP contribution in [0.1, 0.15) is 5.56 Å². The summed E-state index contributed by atoms with van der Waals surface area (Å²) in [6, 6.07) is 15.4. The van der Waals surface area contributed by atoms with Crippen LogP contribution in [0.5, 0.6) is 11.5 Å². The highest BCUT2D eigenvalue weighted by Crippen LogP contribution is 2.28. The quantitative estimate of drug-likeness (QED) is 0.886. The van der Waals surface area contributed by atoms with Gasteiger partial charge in [-0.05, 0) is 31.3 Å². The van der Waals surface area contributed by atoms with Crippen LogP contribution in [0.3, 0.4) is 0 Å². The van der Waals surface area contributed by atoms with Crippen LogP contribution in [0.2, 0.25) is 5.02 Å². The smallest absolute Gasteiger partial charge is 0.133 e. The fraction of sp³-hybridized carbons (Fsp3) is 0.143. The summed E-state index contributed by atoms with van der Waals surface area (Å²) in [7, 11) is 1.90. The molecule has 3 heteroatoms. The molecule has 2 aromatic carbocycles. The van der Waals surface area contributed by atoms with Crippen molar-refractivity contribution in [2.45, 2.75) is 6.54 Å². The van der Waals surface area contributed by atoms with Crippen LogP contribution in [-0.2, 0) is 6.54 Å². The molecule has 0 aliphatic carbocycles. The Balaban J connectivity index is 2.27. The Labute approximate surface area is 106 Å². The Morgan fingerprint density at radius 3 is 2.59 bits per heavy atom. The Bertz CT molecular complexity index is 485. The molecule has 0 atom stereocenters. The van der Waals surface area contributed by atoms with Gasteiger partial charge in [0.05, 0.1) is 0 Å². The van der Waals surface area contributed by atoms with Crippen molar-refractivity contribution in [1.29, 1.82) is 0 Å². The first-order chi connectivity index (χ1) is 8.29. The Kier molecular flexibility index (Phi) is 4.02. The molecule has 0 spiro atoms. The molecule has 0 aliphatic rings. The molecule has 0 radical (unpaired) electrons. The van der Waals surface area contributed by atoms with E-state index in [2.05, 4.69) is 5.32 Å². The Hall–Kier alpha value is -1.51. The zero-order chi connectivity index (χ0) is 12.1. The average molecular weight is 248 g/mol. The second-order valence-electron chi connectivity index (χ2n) is 3.70. The van der Waals surface area contributed by atoms with Gasteiger partial charge in [-0.15, -0.1) is 0 Å². The molecule has 0 unspecified atom stereocenters. The Morgan fingerprint density at radius 2 is 1.88 bits per heavy atom. The third-order valence-corrected chi connectivity index (χ3v) is 2.60. The summed E-state index contributed by atoms with van der Waals surface area (Å²) in [6.45, 7) is 0.749. The van der Waals surface area contributed by atoms with Crippen LogP contribution < -0.4 is 10.1 Å². The number of rotatable bonds is 4. The summed E-state index contributed by atoms with van der Waals surface area (Å²) in [5, 5.41) is 3.78. The van der Waals surface area contributed by atoms with Gasteiger partial charge in [0.1, 0.15) is 11.5 Å². The van der Waals surface area contributed by atoms with Crippen LogP contribution in [0.15, 0.2) is 48.5 Å². The highest BCUT2D eigenvalue weighted by Gasteiger charge is 2.05. The van der Waals surface area contributed by atoms with E-state index in [0.717, 1.165) is 23.6 Å². The second kappa shape index (κ2) is 5.71. The van der Waals surface area contributed by atoms with E-state index in [1.54, 1.807) is 0 Å². The van der Waals surface area contributed by atoms with Crippen molar-refractivity contribution in [3.05, 3.63) is 59.1 Å². The molecule has 0 fully saturated rings. The normalized spacial score (nSPS) is 10.2. The first-order valence-electron chi connectivity index (χ1n) is 5.45. The first-order valence-corrected chi connectivity index (χ1v) is 5.83. The number of hydrogen-bond donors (Lipinski definition) is 1. The topological polar surface area (TPSA) is 21.3 Å². The van der Waals surface area contributed by atoms with Crippen LogP contribution in [0.25, 0.3) is 0 Å². The second-order valence-corrected chi connectivity index (χ2v) is 4.13. The number of ether oxygens (including phenoxy) is 1. The molecule has 0 bridgehead atoms. The number of benzene rings is 2. The molecule has 0 heterocycles. The SMILES string of the molecule is CNCc1ccc(Cl)cc1Oc1ccccc1. The van der Waals surface area contributed by atoms with E-state index in [1.165, 1.54) is 0 Å². The maximum absolute atomic E-state index is 5.98. The highest BCUT2D eigenvalue weighted by molar-refractivity contribution is 6.30. The van der Waals surface area contributed by atoms with Gasteiger partial charge in [-0.3, -0.25) is 0 Å². The first kappa shape index (κ1) is 12.0. The fourth-order valence-corrected chi connectivity index (χ4v) is 1.74. The van der Waals surface area contributed by atoms with Crippen LogP contribution in [-0.4, -0.2) is 7.05 Å². The number of hydrogen-bond acceptors (Lipinski definition) is 2. The molecule has 0 saturated carbocycles. The molecule has 2 aromatic rings. The van der Waals surface area contributed by atoms with Gasteiger partial charge in [-0.1, -0.05) is 35.9 Å². The van der Waals surface area contributed by atoms with Gasteiger partial charge in [-0.2, -0.15) is 0 Å². The molecular formula is C14H14ClNO. The molecular weight excluding hydrogens is 234 g/mol. The van der Waals surface area contributed by atoms with E-state index in [1.807, 2.05) is 55.6 Å². The molecule has 0 aromatic heterocycles. The Morgan fingerprint density at radius 1 is 1.12 bits per heavy atom. The standard InChI is InChI=1S/C14H14ClNO/c1-16-10-11-7-8-12(15)9-14(11)17-13-5-3-2-4-6-13/h2-9,16H,10H2,1H3. The number of nitrogens with one attached hydrogen (secondary N) is 1. The molecule has 0 amide bonds. The van der Waals surface area contributed by atoms with E-state index in [-0.39, 0.29) is 0 Å². The largest absolute Gasteiger partial charge is 0.457 e. The van der Waals surface area contributed by atoms with Crippen molar-refractivity contribution in [3.8, 4) is 11.5 Å². The lowest BCUT2D eigenvalue weighted by atomic mass is 10.2. The molecule has 1 N–H and O–H groups in total. The van der Waals surface area contributed by atoms with Gasteiger partial charge in [0, 0.05) is 17.1 Å².